The van der Waals surface area contributed by atoms with Crippen LogP contribution in [0, 0.1) is 0 Å². The highest BCUT2D eigenvalue weighted by atomic mass is 16.5. The largest absolute Gasteiger partial charge is 0.379 e. The van der Waals surface area contributed by atoms with Gasteiger partial charge in [-0.25, -0.2) is 4.79 Å². The van der Waals surface area contributed by atoms with Crippen molar-refractivity contribution in [2.24, 2.45) is 0 Å². The van der Waals surface area contributed by atoms with Crippen molar-refractivity contribution in [1.82, 2.24) is 20.1 Å². The Morgan fingerprint density at radius 2 is 1.92 bits per heavy atom. The van der Waals surface area contributed by atoms with E-state index in [9.17, 15) is 4.79 Å². The molecule has 1 N–H and O–H groups in total. The van der Waals surface area contributed by atoms with Crippen LogP contribution in [0.25, 0.3) is 0 Å². The van der Waals surface area contributed by atoms with Crippen LogP contribution in [0.2, 0.25) is 0 Å². The fourth-order valence-corrected chi connectivity index (χ4v) is 3.03. The van der Waals surface area contributed by atoms with Gasteiger partial charge in [-0.1, -0.05) is 0 Å². The smallest absolute Gasteiger partial charge is 0.317 e. The number of urea groups is 1. The van der Waals surface area contributed by atoms with Gasteiger partial charge in [0.15, 0.2) is 0 Å². The highest BCUT2D eigenvalue weighted by Crippen LogP contribution is 2.15. The van der Waals surface area contributed by atoms with Gasteiger partial charge in [0, 0.05) is 58.3 Å². The zero-order chi connectivity index (χ0) is 17.6. The van der Waals surface area contributed by atoms with Gasteiger partial charge in [0.2, 0.25) is 0 Å². The number of methoxy groups -OCH3 is 1. The number of nitrogens with zero attached hydrogens (tertiary/aromatic N) is 3. The minimum atomic E-state index is -0.226. The average molecular weight is 334 g/mol. The van der Waals surface area contributed by atoms with Crippen molar-refractivity contribution < 1.29 is 9.53 Å². The number of hydrogen-bond acceptors (Lipinski definition) is 4. The highest BCUT2D eigenvalue weighted by molar-refractivity contribution is 5.74. The Labute approximate surface area is 145 Å². The maximum absolute atomic E-state index is 12.4. The Kier molecular flexibility index (Phi) is 6.57. The van der Waals surface area contributed by atoms with Crippen molar-refractivity contribution in [1.29, 1.82) is 0 Å². The Bertz CT molecular complexity index is 513. The third-order valence-electron chi connectivity index (χ3n) is 4.54. The lowest BCUT2D eigenvalue weighted by molar-refractivity contribution is 0.00896. The second-order valence-electron chi connectivity index (χ2n) is 7.14. The maximum Gasteiger partial charge on any atom is 0.317 e. The number of hydrogen-bond donors (Lipinski definition) is 1. The molecule has 0 bridgehead atoms. The van der Waals surface area contributed by atoms with Gasteiger partial charge in [0.05, 0.1) is 5.60 Å². The number of carbonyl (C=O) groups is 1. The Balaban J connectivity index is 1.74. The molecule has 1 aliphatic rings. The van der Waals surface area contributed by atoms with Crippen LogP contribution in [0.5, 0.6) is 0 Å². The summed E-state index contributed by atoms with van der Waals surface area (Å²) in [5, 5.41) is 3.08. The predicted molar refractivity (Wildman–Crippen MR) is 94.8 cm³/mol. The molecule has 1 aromatic rings. The average Bonchev–Trinajstić information content (AvgIpc) is 2.56. The molecule has 2 amide bonds. The molecule has 2 heterocycles. The molecule has 0 spiro atoms. The minimum absolute atomic E-state index is 0.0259. The zero-order valence-electron chi connectivity index (χ0n) is 15.3. The zero-order valence-corrected chi connectivity index (χ0v) is 15.3. The fraction of sp³-hybridized carbons (Fsp3) is 0.667. The minimum Gasteiger partial charge on any atom is -0.379 e. The van der Waals surface area contributed by atoms with E-state index in [0.717, 1.165) is 39.1 Å². The van der Waals surface area contributed by atoms with Crippen LogP contribution >= 0.6 is 0 Å². The molecule has 24 heavy (non-hydrogen) atoms. The molecule has 1 aliphatic heterocycles. The molecular formula is C18H30N4O2. The third-order valence-corrected chi connectivity index (χ3v) is 4.54. The van der Waals surface area contributed by atoms with Crippen molar-refractivity contribution in [3.63, 3.8) is 0 Å². The van der Waals surface area contributed by atoms with E-state index in [0.29, 0.717) is 0 Å². The first kappa shape index (κ1) is 18.7. The Hall–Kier alpha value is -1.66. The van der Waals surface area contributed by atoms with Gasteiger partial charge in [0.25, 0.3) is 0 Å². The van der Waals surface area contributed by atoms with E-state index < -0.39 is 0 Å². The number of pyridine rings is 1. The van der Waals surface area contributed by atoms with Crippen LogP contribution in [0.1, 0.15) is 32.8 Å². The van der Waals surface area contributed by atoms with Crippen LogP contribution in [-0.4, -0.2) is 65.7 Å². The third kappa shape index (κ3) is 5.76. The van der Waals surface area contributed by atoms with E-state index in [4.69, 9.17) is 4.74 Å². The van der Waals surface area contributed by atoms with Crippen molar-refractivity contribution >= 4 is 6.03 Å². The summed E-state index contributed by atoms with van der Waals surface area (Å²) in [7, 11) is 1.70. The van der Waals surface area contributed by atoms with Crippen molar-refractivity contribution in [3.05, 3.63) is 30.1 Å². The van der Waals surface area contributed by atoms with Crippen LogP contribution in [-0.2, 0) is 11.3 Å². The molecular weight excluding hydrogens is 304 g/mol. The Morgan fingerprint density at radius 3 is 2.50 bits per heavy atom. The summed E-state index contributed by atoms with van der Waals surface area (Å²) < 4.78 is 5.43. The number of nitrogens with one attached hydrogen (secondary N) is 1. The lowest BCUT2D eigenvalue weighted by atomic mass is 10.00. The maximum atomic E-state index is 12.4. The lowest BCUT2D eigenvalue weighted by Gasteiger charge is -2.36. The summed E-state index contributed by atoms with van der Waals surface area (Å²) in [6, 6.07) is 4.19. The van der Waals surface area contributed by atoms with Gasteiger partial charge < -0.3 is 15.0 Å². The quantitative estimate of drug-likeness (QED) is 0.866. The van der Waals surface area contributed by atoms with E-state index in [1.54, 1.807) is 7.11 Å². The summed E-state index contributed by atoms with van der Waals surface area (Å²) >= 11 is 0. The normalized spacial score (nSPS) is 17.6. The molecule has 0 aromatic carbocycles. The molecule has 1 fully saturated rings. The number of amides is 2. The number of piperazine rings is 1. The van der Waals surface area contributed by atoms with Crippen LogP contribution in [0.15, 0.2) is 24.5 Å². The molecule has 0 saturated carbocycles. The van der Waals surface area contributed by atoms with Gasteiger partial charge >= 0.3 is 6.03 Å². The van der Waals surface area contributed by atoms with Gasteiger partial charge in [-0.2, -0.15) is 0 Å². The van der Waals surface area contributed by atoms with Crippen molar-refractivity contribution in [2.75, 3.05) is 33.3 Å². The van der Waals surface area contributed by atoms with Gasteiger partial charge in [-0.3, -0.25) is 9.88 Å². The number of ether oxygens (including phenoxy) is 1. The first-order valence-electron chi connectivity index (χ1n) is 8.61. The molecule has 134 valence electrons. The van der Waals surface area contributed by atoms with Crippen LogP contribution in [0.3, 0.4) is 0 Å². The summed E-state index contributed by atoms with van der Waals surface area (Å²) in [5.74, 6) is 0. The van der Waals surface area contributed by atoms with E-state index in [1.807, 2.05) is 50.2 Å². The monoisotopic (exact) mass is 334 g/mol. The lowest BCUT2D eigenvalue weighted by Crippen LogP contribution is -2.53. The van der Waals surface area contributed by atoms with Gasteiger partial charge in [0.1, 0.15) is 0 Å². The summed E-state index contributed by atoms with van der Waals surface area (Å²) in [4.78, 5) is 20.7. The number of rotatable bonds is 6. The molecule has 0 aliphatic carbocycles. The topological polar surface area (TPSA) is 57.7 Å². The Morgan fingerprint density at radius 1 is 1.29 bits per heavy atom. The molecule has 2 rings (SSSR count). The molecule has 1 saturated heterocycles. The highest BCUT2D eigenvalue weighted by Gasteiger charge is 2.25. The predicted octanol–water partition coefficient (Wildman–Crippen LogP) is 2.11. The van der Waals surface area contributed by atoms with Crippen molar-refractivity contribution in [3.8, 4) is 0 Å². The van der Waals surface area contributed by atoms with Gasteiger partial charge in [-0.15, -0.1) is 0 Å². The first-order chi connectivity index (χ1) is 11.4. The van der Waals surface area contributed by atoms with Gasteiger partial charge in [-0.05, 0) is 44.9 Å². The number of aromatic nitrogens is 1. The van der Waals surface area contributed by atoms with Crippen LogP contribution < -0.4 is 5.32 Å². The van der Waals surface area contributed by atoms with Crippen molar-refractivity contribution in [2.45, 2.75) is 45.4 Å². The first-order valence-corrected chi connectivity index (χ1v) is 8.61. The van der Waals surface area contributed by atoms with E-state index in [1.165, 1.54) is 5.56 Å². The molecule has 1 aromatic heterocycles. The van der Waals surface area contributed by atoms with E-state index >= 15 is 0 Å². The molecule has 6 heteroatoms. The standard InChI is InChI=1S/C18H30N4O2/c1-15(13-18(2,3)24-4)20-17(23)22-11-9-21(10-12-22)14-16-5-7-19-8-6-16/h5-8,15H,9-14H2,1-4H3,(H,20,23)/t15-/m1/s1. The van der Waals surface area contributed by atoms with Crippen LogP contribution in [0.4, 0.5) is 4.79 Å². The molecule has 6 nitrogen and oxygen atoms in total. The van der Waals surface area contributed by atoms with E-state index in [-0.39, 0.29) is 17.7 Å². The second-order valence-corrected chi connectivity index (χ2v) is 7.14. The summed E-state index contributed by atoms with van der Waals surface area (Å²) in [6.45, 7) is 10.3. The molecule has 1 atom stereocenters. The molecule has 0 radical (unpaired) electrons. The fourth-order valence-electron chi connectivity index (χ4n) is 3.03. The summed E-state index contributed by atoms with van der Waals surface area (Å²) in [6.07, 6.45) is 4.43. The summed E-state index contributed by atoms with van der Waals surface area (Å²) in [5.41, 5.74) is 1.04. The second kappa shape index (κ2) is 8.44. The SMILES string of the molecule is COC(C)(C)C[C@@H](C)NC(=O)N1CCN(Cc2ccncc2)CC1. The number of carbonyl (C=O) groups excluding carboxylic acids is 1. The van der Waals surface area contributed by atoms with E-state index in [2.05, 4.69) is 15.2 Å². The molecule has 0 unspecified atom stereocenters.